The molecule has 33 heavy (non-hydrogen) atoms. The number of hydrogen-bond donors (Lipinski definition) is 1. The molecule has 0 unspecified atom stereocenters. The number of benzene rings is 2. The minimum absolute atomic E-state index is 0.209. The number of ether oxygens (including phenoxy) is 2. The highest BCUT2D eigenvalue weighted by atomic mass is 32.2. The Morgan fingerprint density at radius 2 is 1.79 bits per heavy atom. The van der Waals surface area contributed by atoms with Crippen molar-refractivity contribution in [3.8, 4) is 5.75 Å². The molecule has 1 saturated heterocycles. The van der Waals surface area contributed by atoms with Crippen LogP contribution in [0.25, 0.3) is 5.57 Å². The van der Waals surface area contributed by atoms with Crippen LogP contribution in [0.4, 0.5) is 0 Å². The van der Waals surface area contributed by atoms with Crippen molar-refractivity contribution in [3.05, 3.63) is 71.3 Å². The van der Waals surface area contributed by atoms with E-state index in [2.05, 4.69) is 71.2 Å². The Balaban J connectivity index is 0.00000149. The lowest BCUT2D eigenvalue weighted by molar-refractivity contribution is 0.0817. The normalized spacial score (nSPS) is 16.5. The first-order chi connectivity index (χ1) is 16.2. The molecule has 180 valence electrons. The summed E-state index contributed by atoms with van der Waals surface area (Å²) in [6.45, 7) is 11.1. The fourth-order valence-corrected chi connectivity index (χ4v) is 4.69. The van der Waals surface area contributed by atoms with Gasteiger partial charge in [0.05, 0.1) is 25.4 Å². The minimum atomic E-state index is -0.209. The number of nitrogens with one attached hydrogen (secondary N) is 1. The number of nitrogens with zero attached hydrogens (tertiary/aromatic N) is 1. The van der Waals surface area contributed by atoms with Crippen LogP contribution in [0.5, 0.6) is 5.75 Å². The average molecular weight is 471 g/mol. The Hall–Kier alpha value is -1.83. The quantitative estimate of drug-likeness (QED) is 0.374. The molecule has 2 aliphatic rings. The first-order valence-electron chi connectivity index (χ1n) is 12.1. The van der Waals surface area contributed by atoms with E-state index in [0.717, 1.165) is 50.3 Å². The second-order valence-corrected chi connectivity index (χ2v) is 8.92. The van der Waals surface area contributed by atoms with Crippen molar-refractivity contribution in [2.75, 3.05) is 39.9 Å². The van der Waals surface area contributed by atoms with Crippen molar-refractivity contribution in [3.63, 3.8) is 0 Å². The standard InChI is InChI=1S/C25H32N2O3S.C2H6/c1-3-27(16-17-28-2)31-29-19-20-8-10-21(11-9-20)23-18-25(12-14-26-15-13-25)30-24-7-5-4-6-22(23)24;1-2/h4-11,18,26H,3,12-17,19H2,1-2H3;1-2H3. The zero-order valence-electron chi connectivity index (χ0n) is 20.4. The smallest absolute Gasteiger partial charge is 0.130 e. The van der Waals surface area contributed by atoms with Gasteiger partial charge in [0.15, 0.2) is 0 Å². The molecule has 0 aliphatic carbocycles. The largest absolute Gasteiger partial charge is 0.482 e. The van der Waals surface area contributed by atoms with Gasteiger partial charge in [0.25, 0.3) is 0 Å². The van der Waals surface area contributed by atoms with Crippen LogP contribution in [0.2, 0.25) is 0 Å². The fraction of sp³-hybridized carbons (Fsp3) is 0.481. The van der Waals surface area contributed by atoms with Crippen LogP contribution in [-0.2, 0) is 15.5 Å². The zero-order valence-corrected chi connectivity index (χ0v) is 21.2. The third-order valence-corrected chi connectivity index (χ3v) is 6.77. The first kappa shape index (κ1) is 25.8. The van der Waals surface area contributed by atoms with Crippen LogP contribution in [0.1, 0.15) is 50.3 Å². The van der Waals surface area contributed by atoms with Gasteiger partial charge in [0, 0.05) is 38.6 Å². The van der Waals surface area contributed by atoms with Gasteiger partial charge in [0.2, 0.25) is 0 Å². The maximum Gasteiger partial charge on any atom is 0.130 e. The molecular formula is C27H38N2O3S. The predicted molar refractivity (Wildman–Crippen MR) is 138 cm³/mol. The third-order valence-electron chi connectivity index (χ3n) is 5.89. The number of methoxy groups -OCH3 is 1. The fourth-order valence-electron chi connectivity index (χ4n) is 4.09. The van der Waals surface area contributed by atoms with Crippen molar-refractivity contribution in [1.29, 1.82) is 0 Å². The highest BCUT2D eigenvalue weighted by Gasteiger charge is 2.36. The third kappa shape index (κ3) is 6.84. The van der Waals surface area contributed by atoms with Crippen molar-refractivity contribution < 1.29 is 13.7 Å². The molecule has 6 heteroatoms. The zero-order chi connectivity index (χ0) is 23.5. The lowest BCUT2D eigenvalue weighted by Crippen LogP contribution is -2.46. The number of likely N-dealkylation sites (N-methyl/N-ethyl adjacent to an activating group) is 1. The molecule has 1 fully saturated rings. The van der Waals surface area contributed by atoms with Crippen molar-refractivity contribution >= 4 is 17.8 Å². The maximum atomic E-state index is 6.50. The summed E-state index contributed by atoms with van der Waals surface area (Å²) in [6, 6.07) is 17.1. The van der Waals surface area contributed by atoms with Crippen LogP contribution in [0, 0.1) is 0 Å². The van der Waals surface area contributed by atoms with Crippen molar-refractivity contribution in [1.82, 2.24) is 9.62 Å². The highest BCUT2D eigenvalue weighted by molar-refractivity contribution is 7.92. The molecule has 0 amide bonds. The van der Waals surface area contributed by atoms with Gasteiger partial charge in [-0.3, -0.25) is 4.18 Å². The molecule has 1 spiro atoms. The van der Waals surface area contributed by atoms with E-state index in [1.165, 1.54) is 28.9 Å². The van der Waals surface area contributed by atoms with E-state index < -0.39 is 0 Å². The molecule has 1 N–H and O–H groups in total. The minimum Gasteiger partial charge on any atom is -0.482 e. The van der Waals surface area contributed by atoms with Gasteiger partial charge < -0.3 is 14.8 Å². The molecular weight excluding hydrogens is 432 g/mol. The first-order valence-corrected chi connectivity index (χ1v) is 12.8. The second-order valence-electron chi connectivity index (χ2n) is 8.02. The molecule has 2 aromatic rings. The molecule has 4 rings (SSSR count). The van der Waals surface area contributed by atoms with Crippen LogP contribution in [0.15, 0.2) is 54.6 Å². The van der Waals surface area contributed by atoms with Crippen LogP contribution >= 0.6 is 12.2 Å². The van der Waals surface area contributed by atoms with Crippen molar-refractivity contribution in [2.24, 2.45) is 0 Å². The lowest BCUT2D eigenvalue weighted by Gasteiger charge is -2.40. The van der Waals surface area contributed by atoms with E-state index in [1.807, 2.05) is 13.8 Å². The number of piperidine rings is 1. The molecule has 0 saturated carbocycles. The van der Waals surface area contributed by atoms with Gasteiger partial charge in [-0.1, -0.05) is 63.2 Å². The number of fused-ring (bicyclic) bond motifs is 1. The number of para-hydroxylation sites is 1. The Bertz CT molecular complexity index is 879. The monoisotopic (exact) mass is 470 g/mol. The van der Waals surface area contributed by atoms with Gasteiger partial charge in [-0.05, 0) is 41.9 Å². The summed E-state index contributed by atoms with van der Waals surface area (Å²) in [5.74, 6) is 0.987. The van der Waals surface area contributed by atoms with Gasteiger partial charge in [-0.2, -0.15) is 0 Å². The van der Waals surface area contributed by atoms with E-state index >= 15 is 0 Å². The van der Waals surface area contributed by atoms with E-state index in [0.29, 0.717) is 13.2 Å². The van der Waals surface area contributed by atoms with Gasteiger partial charge in [0.1, 0.15) is 11.4 Å². The SMILES string of the molecule is CC.CCN(CCOC)SOCc1ccc(C2=CC3(CCNCC3)Oc3ccccc32)cc1. The van der Waals surface area contributed by atoms with E-state index in [1.54, 1.807) is 7.11 Å². The Morgan fingerprint density at radius 3 is 2.48 bits per heavy atom. The summed E-state index contributed by atoms with van der Waals surface area (Å²) in [6.07, 6.45) is 4.34. The number of rotatable bonds is 9. The molecule has 0 atom stereocenters. The van der Waals surface area contributed by atoms with Crippen molar-refractivity contribution in [2.45, 2.75) is 45.8 Å². The summed E-state index contributed by atoms with van der Waals surface area (Å²) in [5, 5.41) is 3.45. The molecule has 2 aliphatic heterocycles. The summed E-state index contributed by atoms with van der Waals surface area (Å²) < 4.78 is 19.6. The molecule has 2 aromatic carbocycles. The second kappa shape index (κ2) is 13.2. The summed E-state index contributed by atoms with van der Waals surface area (Å²) in [7, 11) is 1.72. The highest BCUT2D eigenvalue weighted by Crippen LogP contribution is 2.42. The topological polar surface area (TPSA) is 43.0 Å². The molecule has 0 radical (unpaired) electrons. The Morgan fingerprint density at radius 1 is 1.06 bits per heavy atom. The van der Waals surface area contributed by atoms with E-state index in [4.69, 9.17) is 13.7 Å². The van der Waals surface area contributed by atoms with Crippen LogP contribution in [0.3, 0.4) is 0 Å². The molecule has 0 bridgehead atoms. The summed E-state index contributed by atoms with van der Waals surface area (Å²) >= 11 is 1.41. The Labute approximate surface area is 203 Å². The van der Waals surface area contributed by atoms with E-state index in [9.17, 15) is 0 Å². The maximum absolute atomic E-state index is 6.50. The number of hydrogen-bond acceptors (Lipinski definition) is 6. The van der Waals surface area contributed by atoms with E-state index in [-0.39, 0.29) is 5.60 Å². The average Bonchev–Trinajstić information content (AvgIpc) is 2.87. The molecule has 2 heterocycles. The predicted octanol–water partition coefficient (Wildman–Crippen LogP) is 5.71. The summed E-state index contributed by atoms with van der Waals surface area (Å²) in [4.78, 5) is 0. The Kier molecular flexibility index (Phi) is 10.3. The van der Waals surface area contributed by atoms with Crippen LogP contribution < -0.4 is 10.1 Å². The summed E-state index contributed by atoms with van der Waals surface area (Å²) in [5.41, 5.74) is 4.61. The lowest BCUT2D eigenvalue weighted by atomic mass is 9.83. The molecule has 5 nitrogen and oxygen atoms in total. The van der Waals surface area contributed by atoms with Gasteiger partial charge in [-0.15, -0.1) is 0 Å². The van der Waals surface area contributed by atoms with Gasteiger partial charge in [-0.25, -0.2) is 4.31 Å². The van der Waals surface area contributed by atoms with Gasteiger partial charge >= 0.3 is 0 Å². The van der Waals surface area contributed by atoms with Crippen LogP contribution in [-0.4, -0.2) is 49.8 Å². The molecule has 0 aromatic heterocycles.